The van der Waals surface area contributed by atoms with Crippen molar-refractivity contribution in [1.29, 1.82) is 0 Å². The van der Waals surface area contributed by atoms with E-state index in [0.29, 0.717) is 22.5 Å². The predicted molar refractivity (Wildman–Crippen MR) is 244 cm³/mol. The highest BCUT2D eigenvalue weighted by Gasteiger charge is 2.40. The van der Waals surface area contributed by atoms with Crippen molar-refractivity contribution in [3.63, 3.8) is 0 Å². The lowest BCUT2D eigenvalue weighted by Crippen LogP contribution is -2.52. The third-order valence-corrected chi connectivity index (χ3v) is 14.3. The number of carbonyl (C=O) groups is 3. The summed E-state index contributed by atoms with van der Waals surface area (Å²) in [6.45, 7) is 13.4. The number of nitrogens with one attached hydrogen (secondary N) is 2. The molecule has 5 heterocycles. The van der Waals surface area contributed by atoms with Crippen molar-refractivity contribution >= 4 is 40.0 Å². The molecular formula is C50H62F4N8O3. The van der Waals surface area contributed by atoms with E-state index in [9.17, 15) is 27.6 Å². The number of hydrogen-bond acceptors (Lipinski definition) is 9. The number of aromatic nitrogens is 2. The third-order valence-electron chi connectivity index (χ3n) is 14.3. The molecule has 348 valence electrons. The number of benzene rings is 3. The van der Waals surface area contributed by atoms with Crippen LogP contribution in [0.1, 0.15) is 133 Å². The van der Waals surface area contributed by atoms with E-state index in [1.807, 2.05) is 19.9 Å². The molecule has 2 N–H and O–H groups in total. The molecule has 0 aliphatic carbocycles. The average molecular weight is 899 g/mol. The molecule has 4 aromatic rings. The second-order valence-corrected chi connectivity index (χ2v) is 18.6. The first-order chi connectivity index (χ1) is 31.2. The van der Waals surface area contributed by atoms with Crippen molar-refractivity contribution < 1.29 is 31.9 Å². The predicted octanol–water partition coefficient (Wildman–Crippen LogP) is 9.07. The second kappa shape index (κ2) is 20.2. The minimum absolute atomic E-state index is 0.105. The maximum Gasteiger partial charge on any atom is 0.416 e. The zero-order chi connectivity index (χ0) is 45.8. The minimum atomic E-state index is -4.42. The van der Waals surface area contributed by atoms with Gasteiger partial charge in [0.05, 0.1) is 17.3 Å². The van der Waals surface area contributed by atoms with Gasteiger partial charge in [0.1, 0.15) is 11.9 Å². The smallest absolute Gasteiger partial charge is 0.369 e. The molecule has 0 radical (unpaired) electrons. The van der Waals surface area contributed by atoms with E-state index < -0.39 is 29.7 Å². The van der Waals surface area contributed by atoms with Gasteiger partial charge in [0.25, 0.3) is 5.91 Å². The minimum Gasteiger partial charge on any atom is -0.369 e. The lowest BCUT2D eigenvalue weighted by Gasteiger charge is -2.36. The number of halogens is 4. The van der Waals surface area contributed by atoms with E-state index in [1.165, 1.54) is 68.9 Å². The molecule has 0 spiro atoms. The number of fused-ring (bicyclic) bond motifs is 2. The Morgan fingerprint density at radius 3 is 2.15 bits per heavy atom. The Kier molecular flexibility index (Phi) is 14.4. The number of imide groups is 1. The molecular weight excluding hydrogens is 837 g/mol. The van der Waals surface area contributed by atoms with Crippen LogP contribution in [0.2, 0.25) is 0 Å². The van der Waals surface area contributed by atoms with Gasteiger partial charge >= 0.3 is 6.18 Å². The number of alkyl halides is 3. The van der Waals surface area contributed by atoms with Crippen molar-refractivity contribution in [1.82, 2.24) is 30.2 Å². The number of anilines is 2. The Morgan fingerprint density at radius 2 is 1.48 bits per heavy atom. The first kappa shape index (κ1) is 46.4. The highest BCUT2D eigenvalue weighted by Crippen LogP contribution is 2.38. The summed E-state index contributed by atoms with van der Waals surface area (Å²) >= 11 is 0. The van der Waals surface area contributed by atoms with Gasteiger partial charge in [0.15, 0.2) is 5.82 Å². The van der Waals surface area contributed by atoms with Crippen molar-refractivity contribution in [2.75, 3.05) is 62.6 Å². The number of piperazine rings is 1. The van der Waals surface area contributed by atoms with Gasteiger partial charge in [0, 0.05) is 61.2 Å². The monoisotopic (exact) mass is 898 g/mol. The molecule has 4 aliphatic heterocycles. The van der Waals surface area contributed by atoms with Gasteiger partial charge < -0.3 is 20.0 Å². The van der Waals surface area contributed by atoms with Crippen LogP contribution in [0.15, 0.2) is 48.5 Å². The molecule has 1 unspecified atom stereocenters. The number of piperidine rings is 2. The van der Waals surface area contributed by atoms with E-state index in [-0.39, 0.29) is 48.5 Å². The van der Waals surface area contributed by atoms with Crippen LogP contribution >= 0.6 is 0 Å². The van der Waals surface area contributed by atoms with E-state index in [2.05, 4.69) is 53.7 Å². The molecule has 15 heteroatoms. The van der Waals surface area contributed by atoms with Gasteiger partial charge in [-0.2, -0.15) is 18.3 Å². The standard InChI is InChI=1S/C50H62F4N8O3/c1-32-38(12-11-13-43(32)50(52,53)54)33(2)55-47-42-29-37(14-15-39(42)34(3)57-58-47)61-26-24-60(25-27-61)21-10-8-6-4-5-7-9-20-59-22-18-35(19-23-59)40-28-36-31-62(49(65)41(36)30-44(40)51)45-16-17-46(63)56-48(45)64/h11-15,28-30,33,35,45H,4-10,16-27,31H2,1-3H3,(H,55,58)(H,56,63,64)/t33-,45?/m1/s1. The lowest BCUT2D eigenvalue weighted by molar-refractivity contribution is -0.138. The van der Waals surface area contributed by atoms with Crippen LogP contribution in [-0.2, 0) is 22.3 Å². The van der Waals surface area contributed by atoms with Crippen LogP contribution in [0.4, 0.5) is 29.1 Å². The molecule has 3 fully saturated rings. The van der Waals surface area contributed by atoms with E-state index in [4.69, 9.17) is 0 Å². The fraction of sp³-hybridized carbons (Fsp3) is 0.540. The molecule has 11 nitrogen and oxygen atoms in total. The van der Waals surface area contributed by atoms with E-state index in [1.54, 1.807) is 6.07 Å². The Bertz CT molecular complexity index is 2380. The van der Waals surface area contributed by atoms with Gasteiger partial charge in [-0.25, -0.2) is 4.39 Å². The average Bonchev–Trinajstić information content (AvgIpc) is 3.60. The summed E-state index contributed by atoms with van der Waals surface area (Å²) in [7, 11) is 0. The molecule has 0 bridgehead atoms. The van der Waals surface area contributed by atoms with Crippen LogP contribution < -0.4 is 15.5 Å². The lowest BCUT2D eigenvalue weighted by atomic mass is 9.87. The van der Waals surface area contributed by atoms with Gasteiger partial charge in [-0.1, -0.05) is 56.4 Å². The molecule has 3 aromatic carbocycles. The highest BCUT2D eigenvalue weighted by molar-refractivity contribution is 6.05. The second-order valence-electron chi connectivity index (χ2n) is 18.6. The maximum absolute atomic E-state index is 15.4. The molecule has 1 aromatic heterocycles. The Labute approximate surface area is 379 Å². The summed E-state index contributed by atoms with van der Waals surface area (Å²) < 4.78 is 56.3. The normalized spacial score (nSPS) is 19.6. The number of likely N-dealkylation sites (tertiary alicyclic amines) is 1. The zero-order valence-electron chi connectivity index (χ0n) is 37.9. The van der Waals surface area contributed by atoms with Crippen LogP contribution in [0.25, 0.3) is 10.8 Å². The van der Waals surface area contributed by atoms with Gasteiger partial charge in [0.2, 0.25) is 11.8 Å². The topological polar surface area (TPSA) is 114 Å². The SMILES string of the molecule is Cc1c([C@@H](C)Nc2nnc(C)c3ccc(N4CCN(CCCCCCCCCN5CCC(c6cc7c(cc6F)C(=O)N(C6CCC(=O)NC6=O)C7)CC5)CC4)cc23)cccc1C(F)(F)F. The molecule has 2 atom stereocenters. The number of nitrogens with zero attached hydrogens (tertiary/aromatic N) is 6. The van der Waals surface area contributed by atoms with Crippen molar-refractivity contribution in [3.05, 3.63) is 93.4 Å². The molecule has 3 amide bonds. The number of carbonyl (C=O) groups excluding carboxylic acids is 3. The molecule has 4 aliphatic rings. The van der Waals surface area contributed by atoms with Crippen LogP contribution in [0, 0.1) is 19.7 Å². The van der Waals surface area contributed by atoms with Gasteiger partial charge in [-0.15, -0.1) is 5.10 Å². The van der Waals surface area contributed by atoms with Gasteiger partial charge in [-0.3, -0.25) is 24.6 Å². The van der Waals surface area contributed by atoms with Crippen LogP contribution in [0.3, 0.4) is 0 Å². The fourth-order valence-corrected chi connectivity index (χ4v) is 10.5. The fourth-order valence-electron chi connectivity index (χ4n) is 10.5. The number of amides is 3. The number of aryl methyl sites for hydroxylation is 1. The third kappa shape index (κ3) is 10.6. The zero-order valence-corrected chi connectivity index (χ0v) is 37.9. The maximum atomic E-state index is 15.4. The van der Waals surface area contributed by atoms with Crippen molar-refractivity contribution in [3.8, 4) is 0 Å². The summed E-state index contributed by atoms with van der Waals surface area (Å²) in [5.74, 6) is -0.812. The molecule has 3 saturated heterocycles. The summed E-state index contributed by atoms with van der Waals surface area (Å²) in [5, 5.41) is 16.4. The summed E-state index contributed by atoms with van der Waals surface area (Å²) in [6, 6.07) is 12.7. The van der Waals surface area contributed by atoms with Crippen LogP contribution in [0.5, 0.6) is 0 Å². The van der Waals surface area contributed by atoms with Crippen molar-refractivity contribution in [2.24, 2.45) is 0 Å². The quantitative estimate of drug-likeness (QED) is 0.0646. The van der Waals surface area contributed by atoms with E-state index in [0.717, 1.165) is 99.0 Å². The number of rotatable bonds is 16. The van der Waals surface area contributed by atoms with Crippen LogP contribution in [-0.4, -0.2) is 101 Å². The summed E-state index contributed by atoms with van der Waals surface area (Å²) in [4.78, 5) is 46.1. The number of hydrogen-bond donors (Lipinski definition) is 2. The number of unbranched alkanes of at least 4 members (excludes halogenated alkanes) is 6. The van der Waals surface area contributed by atoms with E-state index >= 15 is 4.39 Å². The highest BCUT2D eigenvalue weighted by atomic mass is 19.4. The molecule has 8 rings (SSSR count). The van der Waals surface area contributed by atoms with Gasteiger partial charge in [-0.05, 0) is 131 Å². The van der Waals surface area contributed by atoms with Crippen molar-refractivity contribution in [2.45, 2.75) is 122 Å². The first-order valence-electron chi connectivity index (χ1n) is 23.6. The molecule has 65 heavy (non-hydrogen) atoms. The summed E-state index contributed by atoms with van der Waals surface area (Å²) in [5.41, 5.74) is 3.82. The molecule has 0 saturated carbocycles. The largest absolute Gasteiger partial charge is 0.416 e. The Balaban J connectivity index is 0.706. The summed E-state index contributed by atoms with van der Waals surface area (Å²) in [6.07, 6.45) is 6.36. The first-order valence-corrected chi connectivity index (χ1v) is 23.6. The Morgan fingerprint density at radius 1 is 0.800 bits per heavy atom. The Hall–Kier alpha value is -5.15.